The molecule has 1 amide bonds. The molecule has 1 saturated heterocycles. The van der Waals surface area contributed by atoms with Crippen molar-refractivity contribution in [2.45, 2.75) is 25.3 Å². The number of nitrogens with two attached hydrogens (primary N) is 1. The number of benzene rings is 2. The summed E-state index contributed by atoms with van der Waals surface area (Å²) in [5.74, 6) is 5.21. The van der Waals surface area contributed by atoms with Crippen molar-refractivity contribution in [2.75, 3.05) is 25.5 Å². The molecule has 1 aliphatic heterocycles. The van der Waals surface area contributed by atoms with Crippen LogP contribution >= 0.6 is 0 Å². The largest absolute Gasteiger partial charge is 0.449 e. The number of likely N-dealkylation sites (tertiary alicyclic amines) is 1. The minimum Gasteiger partial charge on any atom is -0.449 e. The average Bonchev–Trinajstić information content (AvgIpc) is 3.08. The SMILES string of the molecule is CN1CCCC1CCOC(=O)Nc1ccccc1-c1ccccc1N=NN. The van der Waals surface area contributed by atoms with E-state index >= 15 is 0 Å². The molecule has 142 valence electrons. The van der Waals surface area contributed by atoms with Crippen molar-refractivity contribution in [1.29, 1.82) is 0 Å². The Labute approximate surface area is 159 Å². The zero-order valence-corrected chi connectivity index (χ0v) is 15.5. The van der Waals surface area contributed by atoms with E-state index in [9.17, 15) is 4.79 Å². The zero-order chi connectivity index (χ0) is 19.1. The average molecular weight is 367 g/mol. The monoisotopic (exact) mass is 367 g/mol. The second-order valence-corrected chi connectivity index (χ2v) is 6.60. The van der Waals surface area contributed by atoms with Crippen molar-refractivity contribution < 1.29 is 9.53 Å². The van der Waals surface area contributed by atoms with Crippen molar-refractivity contribution in [2.24, 2.45) is 16.2 Å². The van der Waals surface area contributed by atoms with Gasteiger partial charge < -0.3 is 15.5 Å². The van der Waals surface area contributed by atoms with Crippen LogP contribution in [0.25, 0.3) is 11.1 Å². The van der Waals surface area contributed by atoms with Gasteiger partial charge in [-0.3, -0.25) is 5.32 Å². The number of nitrogens with one attached hydrogen (secondary N) is 1. The van der Waals surface area contributed by atoms with Crippen molar-refractivity contribution in [1.82, 2.24) is 4.90 Å². The number of carbonyl (C=O) groups excluding carboxylic acids is 1. The van der Waals surface area contributed by atoms with Gasteiger partial charge in [0.05, 0.1) is 18.0 Å². The summed E-state index contributed by atoms with van der Waals surface area (Å²) in [6.45, 7) is 1.52. The van der Waals surface area contributed by atoms with E-state index in [0.717, 1.165) is 30.5 Å². The van der Waals surface area contributed by atoms with Crippen LogP contribution in [0.15, 0.2) is 58.9 Å². The summed E-state index contributed by atoms with van der Waals surface area (Å²) in [5, 5.41) is 10.2. The van der Waals surface area contributed by atoms with Crippen LogP contribution < -0.4 is 11.2 Å². The molecule has 27 heavy (non-hydrogen) atoms. The molecule has 1 unspecified atom stereocenters. The van der Waals surface area contributed by atoms with Gasteiger partial charge in [-0.05, 0) is 45.0 Å². The first-order valence-corrected chi connectivity index (χ1v) is 9.12. The van der Waals surface area contributed by atoms with Crippen LogP contribution in [0.4, 0.5) is 16.2 Å². The second kappa shape index (κ2) is 9.14. The number of amides is 1. The van der Waals surface area contributed by atoms with Crippen LogP contribution in [0.2, 0.25) is 0 Å². The predicted octanol–water partition coefficient (Wildman–Crippen LogP) is 4.34. The second-order valence-electron chi connectivity index (χ2n) is 6.60. The molecule has 0 aliphatic carbocycles. The van der Waals surface area contributed by atoms with Gasteiger partial charge in [-0.1, -0.05) is 41.6 Å². The molecule has 1 atom stereocenters. The summed E-state index contributed by atoms with van der Waals surface area (Å²) >= 11 is 0. The Balaban J connectivity index is 1.66. The van der Waals surface area contributed by atoms with Gasteiger partial charge in [0.1, 0.15) is 0 Å². The Morgan fingerprint density at radius 2 is 1.96 bits per heavy atom. The number of para-hydroxylation sites is 1. The van der Waals surface area contributed by atoms with E-state index < -0.39 is 6.09 Å². The highest BCUT2D eigenvalue weighted by molar-refractivity contribution is 5.93. The summed E-state index contributed by atoms with van der Waals surface area (Å²) in [7, 11) is 2.12. The Morgan fingerprint density at radius 3 is 2.70 bits per heavy atom. The minimum absolute atomic E-state index is 0.404. The smallest absolute Gasteiger partial charge is 0.411 e. The van der Waals surface area contributed by atoms with E-state index in [1.165, 1.54) is 6.42 Å². The van der Waals surface area contributed by atoms with Crippen LogP contribution in [0.5, 0.6) is 0 Å². The molecule has 0 spiro atoms. The van der Waals surface area contributed by atoms with Crippen LogP contribution in [0.3, 0.4) is 0 Å². The van der Waals surface area contributed by atoms with Gasteiger partial charge in [0, 0.05) is 17.2 Å². The van der Waals surface area contributed by atoms with Gasteiger partial charge in [-0.15, -0.1) is 5.11 Å². The molecule has 0 saturated carbocycles. The topological polar surface area (TPSA) is 92.3 Å². The first-order chi connectivity index (χ1) is 13.2. The van der Waals surface area contributed by atoms with Crippen LogP contribution in [-0.2, 0) is 4.74 Å². The van der Waals surface area contributed by atoms with Crippen LogP contribution in [0.1, 0.15) is 19.3 Å². The zero-order valence-electron chi connectivity index (χ0n) is 15.5. The summed E-state index contributed by atoms with van der Waals surface area (Å²) < 4.78 is 5.39. The van der Waals surface area contributed by atoms with Crippen molar-refractivity contribution >= 4 is 17.5 Å². The molecule has 7 heteroatoms. The first kappa shape index (κ1) is 18.8. The van der Waals surface area contributed by atoms with E-state index in [1.54, 1.807) is 0 Å². The van der Waals surface area contributed by atoms with E-state index in [2.05, 4.69) is 27.6 Å². The molecule has 1 aliphatic rings. The van der Waals surface area contributed by atoms with Gasteiger partial charge >= 0.3 is 6.09 Å². The molecule has 7 nitrogen and oxygen atoms in total. The molecule has 1 heterocycles. The quantitative estimate of drug-likeness (QED) is 0.451. The highest BCUT2D eigenvalue weighted by atomic mass is 16.5. The maximum absolute atomic E-state index is 12.3. The van der Waals surface area contributed by atoms with Crippen molar-refractivity contribution in [3.8, 4) is 11.1 Å². The minimum atomic E-state index is -0.457. The molecule has 2 aromatic carbocycles. The van der Waals surface area contributed by atoms with Gasteiger partial charge in [0.2, 0.25) is 0 Å². The number of carbonyl (C=O) groups is 1. The Hall–Kier alpha value is -2.93. The molecule has 2 aromatic rings. The third-order valence-corrected chi connectivity index (χ3v) is 4.88. The van der Waals surface area contributed by atoms with Gasteiger partial charge in [-0.2, -0.15) is 0 Å². The lowest BCUT2D eigenvalue weighted by atomic mass is 10.0. The number of ether oxygens (including phenoxy) is 1. The van der Waals surface area contributed by atoms with Gasteiger partial charge in [0.15, 0.2) is 0 Å². The first-order valence-electron chi connectivity index (χ1n) is 9.12. The molecule has 0 bridgehead atoms. The summed E-state index contributed by atoms with van der Waals surface area (Å²) in [5.41, 5.74) is 2.94. The lowest BCUT2D eigenvalue weighted by Gasteiger charge is -2.19. The van der Waals surface area contributed by atoms with E-state index in [-0.39, 0.29) is 0 Å². The van der Waals surface area contributed by atoms with Crippen LogP contribution in [-0.4, -0.2) is 37.2 Å². The van der Waals surface area contributed by atoms with Crippen molar-refractivity contribution in [3.05, 3.63) is 48.5 Å². The standard InChI is InChI=1S/C20H25N5O2/c1-25-13-6-7-15(25)12-14-27-20(26)22-18-10-4-2-8-16(18)17-9-3-5-11-19(17)23-24-21/h2-5,8-11,15H,6-7,12-14H2,1H3,(H2,21,23)(H,22,26). The fraction of sp³-hybridized carbons (Fsp3) is 0.350. The number of hydrogen-bond donors (Lipinski definition) is 2. The molecular formula is C20H25N5O2. The summed E-state index contributed by atoms with van der Waals surface area (Å²) in [6, 6.07) is 15.5. The normalized spacial score (nSPS) is 17.3. The Kier molecular flexibility index (Phi) is 6.38. The maximum Gasteiger partial charge on any atom is 0.411 e. The number of nitrogens with zero attached hydrogens (tertiary/aromatic N) is 3. The van der Waals surface area contributed by atoms with Crippen molar-refractivity contribution in [3.63, 3.8) is 0 Å². The molecule has 3 N–H and O–H groups in total. The summed E-state index contributed by atoms with van der Waals surface area (Å²) in [4.78, 5) is 14.6. The molecule has 3 rings (SSSR count). The van der Waals surface area contributed by atoms with Gasteiger partial charge in [0.25, 0.3) is 0 Å². The Bertz CT molecular complexity index is 808. The number of anilines is 1. The van der Waals surface area contributed by atoms with Gasteiger partial charge in [-0.25, -0.2) is 4.79 Å². The van der Waals surface area contributed by atoms with E-state index in [1.807, 2.05) is 48.5 Å². The fourth-order valence-corrected chi connectivity index (χ4v) is 3.46. The van der Waals surface area contributed by atoms with E-state index in [0.29, 0.717) is 24.0 Å². The molecule has 0 radical (unpaired) electrons. The lowest BCUT2D eigenvalue weighted by molar-refractivity contribution is 0.147. The number of rotatable bonds is 6. The molecule has 0 aromatic heterocycles. The lowest BCUT2D eigenvalue weighted by Crippen LogP contribution is -2.27. The predicted molar refractivity (Wildman–Crippen MR) is 106 cm³/mol. The number of hydrogen-bond acceptors (Lipinski definition) is 5. The van der Waals surface area contributed by atoms with Crippen LogP contribution in [0, 0.1) is 0 Å². The molecular weight excluding hydrogens is 342 g/mol. The highest BCUT2D eigenvalue weighted by Gasteiger charge is 2.21. The molecule has 1 fully saturated rings. The third-order valence-electron chi connectivity index (χ3n) is 4.88. The highest BCUT2D eigenvalue weighted by Crippen LogP contribution is 2.35. The fourth-order valence-electron chi connectivity index (χ4n) is 3.46. The Morgan fingerprint density at radius 1 is 1.22 bits per heavy atom. The maximum atomic E-state index is 12.3. The summed E-state index contributed by atoms with van der Waals surface area (Å²) in [6.07, 6.45) is 2.77. The third kappa shape index (κ3) is 4.83. The van der Waals surface area contributed by atoms with E-state index in [4.69, 9.17) is 10.6 Å².